The molecule has 0 amide bonds. The summed E-state index contributed by atoms with van der Waals surface area (Å²) in [7, 11) is 0. The van der Waals surface area contributed by atoms with Crippen LogP contribution in [0.25, 0.3) is 0 Å². The lowest BCUT2D eigenvalue weighted by atomic mass is 8.89. The van der Waals surface area contributed by atoms with E-state index in [4.69, 9.17) is 12.8 Å². The van der Waals surface area contributed by atoms with Gasteiger partial charge in [-0.3, -0.25) is 0 Å². The summed E-state index contributed by atoms with van der Waals surface area (Å²) in [5, 5.41) is 0. The molecule has 0 aromatic carbocycles. The molecule has 3 heteroatoms. The van der Waals surface area contributed by atoms with Crippen LogP contribution in [0.4, 0.5) is 0 Å². The van der Waals surface area contributed by atoms with Crippen molar-refractivity contribution in [1.29, 1.82) is 0 Å². The van der Waals surface area contributed by atoms with Gasteiger partial charge in [-0.2, -0.15) is 5.82 Å². The second-order valence-corrected chi connectivity index (χ2v) is 4.74. The molecule has 30 heavy (non-hydrogen) atoms. The molecule has 0 aliphatic heterocycles. The molecule has 0 unspecified atom stereocenters. The maximum Gasteiger partial charge on any atom is 0.295 e. The van der Waals surface area contributed by atoms with Crippen molar-refractivity contribution in [2.24, 2.45) is 0 Å². The monoisotopic (exact) mass is 368 g/mol. The highest BCUT2D eigenvalue weighted by Gasteiger charge is 2.36. The lowest BCUT2D eigenvalue weighted by molar-refractivity contribution is 1.92. The van der Waals surface area contributed by atoms with Crippen LogP contribution in [0, 0.1) is 143 Å². The van der Waals surface area contributed by atoms with Gasteiger partial charge >= 0.3 is 0 Å². The van der Waals surface area contributed by atoms with Gasteiger partial charge < -0.3 is 0 Å². The Labute approximate surface area is 183 Å². The van der Waals surface area contributed by atoms with Gasteiger partial charge in [0.05, 0.1) is 0 Å². The predicted molar refractivity (Wildman–Crippen MR) is 130 cm³/mol. The van der Waals surface area contributed by atoms with Crippen molar-refractivity contribution in [2.45, 2.75) is 20.8 Å². The fraction of sp³-hybridized carbons (Fsp3) is 0.111. The molecule has 0 N–H and O–H groups in total. The van der Waals surface area contributed by atoms with E-state index in [1.165, 1.54) is 0 Å². The van der Waals surface area contributed by atoms with E-state index in [0.29, 0.717) is 0 Å². The van der Waals surface area contributed by atoms with Gasteiger partial charge in [0, 0.05) is 0 Å². The summed E-state index contributed by atoms with van der Waals surface area (Å²) in [6.07, 6.45) is 10.3. The van der Waals surface area contributed by atoms with E-state index in [-0.39, 0.29) is 0 Å². The zero-order valence-electron chi connectivity index (χ0n) is 16.9. The Bertz CT molecular complexity index is 1320. The maximum absolute atomic E-state index is 5.14. The first-order valence-electron chi connectivity index (χ1n) is 8.44. The second kappa shape index (κ2) is 18.7. The Morgan fingerprint density at radius 3 is 1.07 bits per heavy atom. The van der Waals surface area contributed by atoms with Crippen molar-refractivity contribution in [3.8, 4) is 143 Å². The Morgan fingerprint density at radius 1 is 0.400 bits per heavy atom. The van der Waals surface area contributed by atoms with Crippen LogP contribution in [0.15, 0.2) is 0 Å². The molecule has 128 valence electrons. The molecule has 0 nitrogen and oxygen atoms in total. The molecule has 0 aromatic heterocycles. The van der Waals surface area contributed by atoms with E-state index in [1.807, 2.05) is 0 Å². The highest BCUT2D eigenvalue weighted by atomic mass is 13.6. The summed E-state index contributed by atoms with van der Waals surface area (Å²) in [5.41, 5.74) is 0. The molecule has 0 radical (unpaired) electrons. The van der Waals surface area contributed by atoms with E-state index in [0.717, 1.165) is 0 Å². The number of hydrogen-bond acceptors (Lipinski definition) is 0. The molecule has 0 aliphatic rings. The maximum atomic E-state index is 5.14. The van der Waals surface area contributed by atoms with Crippen molar-refractivity contribution in [3.63, 3.8) is 0 Å². The highest BCUT2D eigenvalue weighted by Crippen LogP contribution is 1.96. The minimum atomic E-state index is -0.573. The van der Waals surface area contributed by atoms with Crippen molar-refractivity contribution in [1.82, 2.24) is 0 Å². The van der Waals surface area contributed by atoms with Crippen LogP contribution in [-0.2, 0) is 0 Å². The van der Waals surface area contributed by atoms with E-state index in [2.05, 4.69) is 130 Å². The summed E-state index contributed by atoms with van der Waals surface area (Å²) in [6.45, 7) is 3.43. The van der Waals surface area contributed by atoms with Crippen molar-refractivity contribution in [2.75, 3.05) is 0 Å². The quantitative estimate of drug-likeness (QED) is 0.497. The van der Waals surface area contributed by atoms with E-state index < -0.39 is 19.7 Å². The minimum Gasteiger partial charge on any atom is -0.154 e. The summed E-state index contributed by atoms with van der Waals surface area (Å²) < 4.78 is 0. The van der Waals surface area contributed by atoms with Gasteiger partial charge in [-0.25, -0.2) is 0 Å². The van der Waals surface area contributed by atoms with Crippen molar-refractivity contribution < 1.29 is 0 Å². The minimum absolute atomic E-state index is 0.527. The van der Waals surface area contributed by atoms with Gasteiger partial charge in [0.25, 0.3) is 13.2 Å². The third kappa shape index (κ3) is 12.3. The van der Waals surface area contributed by atoms with Crippen molar-refractivity contribution >= 4 is 19.7 Å². The first-order chi connectivity index (χ1) is 14.7. The molecule has 0 fully saturated rings. The first-order valence-corrected chi connectivity index (χ1v) is 8.44. The SMILES string of the molecule is C#CC#CC#CB(C#CC#CC)B(C#CC#CC#C)B(C#CC#CC)C#CC#CC. The molecule has 0 saturated carbocycles. The number of rotatable bonds is 2. The Kier molecular flexibility index (Phi) is 15.5. The molecule has 0 saturated heterocycles. The average molecular weight is 368 g/mol. The highest BCUT2D eigenvalue weighted by molar-refractivity contribution is 7.59. The first kappa shape index (κ1) is 24.9. The van der Waals surface area contributed by atoms with Gasteiger partial charge in [0.1, 0.15) is 0 Å². The smallest absolute Gasteiger partial charge is 0.154 e. The molecule has 0 bridgehead atoms. The van der Waals surface area contributed by atoms with Gasteiger partial charge in [-0.15, -0.1) is 36.1 Å². The third-order valence-corrected chi connectivity index (χ3v) is 2.82. The van der Waals surface area contributed by atoms with E-state index in [1.54, 1.807) is 20.8 Å². The Hall–Kier alpha value is -5.09. The van der Waals surface area contributed by atoms with E-state index >= 15 is 0 Å². The molecule has 0 atom stereocenters. The van der Waals surface area contributed by atoms with Crippen LogP contribution in [0.5, 0.6) is 0 Å². The average Bonchev–Trinajstić information content (AvgIpc) is 2.75. The van der Waals surface area contributed by atoms with Gasteiger partial charge in [-0.1, -0.05) is 17.8 Å². The predicted octanol–water partition coefficient (Wildman–Crippen LogP) is 0.684. The standard InChI is InChI=1S/C27H11B3/c1-6-11-16-21-26-29(25-20-15-10-5)30(27-22-17-12-7-2)28(23-18-13-8-3)24-19-14-9-4/h1-2H,3-5H3. The molecule has 0 aromatic rings. The van der Waals surface area contributed by atoms with Crippen LogP contribution in [0.3, 0.4) is 0 Å². The number of terminal acetylenes is 2. The van der Waals surface area contributed by atoms with Crippen LogP contribution >= 0.6 is 0 Å². The van der Waals surface area contributed by atoms with Crippen molar-refractivity contribution in [3.05, 3.63) is 0 Å². The van der Waals surface area contributed by atoms with Gasteiger partial charge in [-0.05, 0) is 104 Å². The molecule has 0 aliphatic carbocycles. The molecule has 0 spiro atoms. The zero-order chi connectivity index (χ0) is 22.3. The normalized spacial score (nSPS) is 5.10. The van der Waals surface area contributed by atoms with Crippen LogP contribution in [-0.4, -0.2) is 19.7 Å². The van der Waals surface area contributed by atoms with E-state index in [9.17, 15) is 0 Å². The second-order valence-electron chi connectivity index (χ2n) is 4.74. The molecular formula is C27H11B3. The largest absolute Gasteiger partial charge is 0.295 e. The van der Waals surface area contributed by atoms with Crippen LogP contribution < -0.4 is 0 Å². The zero-order valence-corrected chi connectivity index (χ0v) is 16.9. The Morgan fingerprint density at radius 2 is 0.733 bits per heavy atom. The summed E-state index contributed by atoms with van der Waals surface area (Å²) >= 11 is 0. The Balaban J connectivity index is 6.71. The molecule has 0 heterocycles. The molecular weight excluding hydrogens is 357 g/mol. The summed E-state index contributed by atoms with van der Waals surface area (Å²) in [6, 6.07) is 0. The topological polar surface area (TPSA) is 0 Å². The molecule has 0 rings (SSSR count). The summed E-state index contributed by atoms with van der Waals surface area (Å²) in [4.78, 5) is 0. The summed E-state index contributed by atoms with van der Waals surface area (Å²) in [5.74, 6) is 59.3. The fourth-order valence-electron chi connectivity index (χ4n) is 1.69. The van der Waals surface area contributed by atoms with Gasteiger partial charge in [0.15, 0.2) is 0 Å². The van der Waals surface area contributed by atoms with Gasteiger partial charge in [0.2, 0.25) is 6.49 Å². The fourth-order valence-corrected chi connectivity index (χ4v) is 1.69. The number of hydrogen-bond donors (Lipinski definition) is 0. The third-order valence-electron chi connectivity index (χ3n) is 2.82. The van der Waals surface area contributed by atoms with Crippen LogP contribution in [0.2, 0.25) is 0 Å². The lowest BCUT2D eigenvalue weighted by Gasteiger charge is -2.06. The van der Waals surface area contributed by atoms with Crippen LogP contribution in [0.1, 0.15) is 20.8 Å². The lowest BCUT2D eigenvalue weighted by Crippen LogP contribution is -2.46.